The summed E-state index contributed by atoms with van der Waals surface area (Å²) in [5.74, 6) is 0. The molecule has 1 N–H and O–H groups in total. The van der Waals surface area contributed by atoms with Crippen molar-refractivity contribution < 1.29 is 0 Å². The Morgan fingerprint density at radius 3 is 3.00 bits per heavy atom. The van der Waals surface area contributed by atoms with Crippen molar-refractivity contribution in [3.05, 3.63) is 24.3 Å². The summed E-state index contributed by atoms with van der Waals surface area (Å²) in [5.41, 5.74) is 0.686. The SMILES string of the molecule is CCCCNC(C#N)c1cnccn1. The van der Waals surface area contributed by atoms with Crippen molar-refractivity contribution in [2.24, 2.45) is 0 Å². The maximum atomic E-state index is 8.90. The molecule has 1 heterocycles. The van der Waals surface area contributed by atoms with Gasteiger partial charge in [-0.1, -0.05) is 13.3 Å². The maximum absolute atomic E-state index is 8.90. The van der Waals surface area contributed by atoms with Crippen LogP contribution in [-0.4, -0.2) is 16.5 Å². The van der Waals surface area contributed by atoms with Gasteiger partial charge in [0, 0.05) is 12.4 Å². The first kappa shape index (κ1) is 10.6. The average molecular weight is 190 g/mol. The average Bonchev–Trinajstić information content (AvgIpc) is 2.26. The standard InChI is InChI=1S/C10H14N4/c1-2-3-4-13-9(7-11)10-8-12-5-6-14-10/h5-6,8-9,13H,2-4H2,1H3. The lowest BCUT2D eigenvalue weighted by Crippen LogP contribution is -2.21. The van der Waals surface area contributed by atoms with Crippen molar-refractivity contribution in [1.82, 2.24) is 15.3 Å². The van der Waals surface area contributed by atoms with E-state index in [9.17, 15) is 0 Å². The Hall–Kier alpha value is -1.47. The molecule has 0 saturated carbocycles. The van der Waals surface area contributed by atoms with Gasteiger partial charge in [0.05, 0.1) is 18.0 Å². The van der Waals surface area contributed by atoms with Crippen LogP contribution in [-0.2, 0) is 0 Å². The summed E-state index contributed by atoms with van der Waals surface area (Å²) in [5, 5.41) is 12.0. The Morgan fingerprint density at radius 1 is 1.57 bits per heavy atom. The number of unbranched alkanes of at least 4 members (excludes halogenated alkanes) is 1. The van der Waals surface area contributed by atoms with E-state index in [0.29, 0.717) is 5.69 Å². The van der Waals surface area contributed by atoms with E-state index in [0.717, 1.165) is 19.4 Å². The van der Waals surface area contributed by atoms with Crippen molar-refractivity contribution in [1.29, 1.82) is 5.26 Å². The van der Waals surface area contributed by atoms with Gasteiger partial charge in [0.25, 0.3) is 0 Å². The summed E-state index contributed by atoms with van der Waals surface area (Å²) in [6.45, 7) is 2.96. The van der Waals surface area contributed by atoms with Gasteiger partial charge in [0.2, 0.25) is 0 Å². The highest BCUT2D eigenvalue weighted by Crippen LogP contribution is 2.06. The smallest absolute Gasteiger partial charge is 0.140 e. The Kier molecular flexibility index (Phi) is 4.59. The van der Waals surface area contributed by atoms with Crippen LogP contribution in [0.1, 0.15) is 31.5 Å². The molecule has 1 atom stereocenters. The molecule has 1 aromatic rings. The summed E-state index contributed by atoms with van der Waals surface area (Å²) in [7, 11) is 0. The number of nitrogens with one attached hydrogen (secondary N) is 1. The van der Waals surface area contributed by atoms with Crippen LogP contribution in [0.2, 0.25) is 0 Å². The largest absolute Gasteiger partial charge is 0.297 e. The Labute approximate surface area is 84.0 Å². The van der Waals surface area contributed by atoms with Gasteiger partial charge in [-0.2, -0.15) is 5.26 Å². The van der Waals surface area contributed by atoms with Crippen LogP contribution in [0.25, 0.3) is 0 Å². The van der Waals surface area contributed by atoms with E-state index >= 15 is 0 Å². The van der Waals surface area contributed by atoms with E-state index < -0.39 is 0 Å². The molecule has 74 valence electrons. The molecule has 0 aliphatic heterocycles. The number of hydrogen-bond donors (Lipinski definition) is 1. The topological polar surface area (TPSA) is 61.6 Å². The van der Waals surface area contributed by atoms with Gasteiger partial charge in [0.15, 0.2) is 0 Å². The van der Waals surface area contributed by atoms with Gasteiger partial charge < -0.3 is 0 Å². The molecule has 1 aromatic heterocycles. The minimum atomic E-state index is -0.338. The normalized spacial score (nSPS) is 12.0. The summed E-state index contributed by atoms with van der Waals surface area (Å²) >= 11 is 0. The lowest BCUT2D eigenvalue weighted by atomic mass is 10.2. The molecule has 0 aliphatic carbocycles. The highest BCUT2D eigenvalue weighted by Gasteiger charge is 2.09. The third-order valence-electron chi connectivity index (χ3n) is 1.89. The molecular weight excluding hydrogens is 176 g/mol. The summed E-state index contributed by atoms with van der Waals surface area (Å²) < 4.78 is 0. The minimum Gasteiger partial charge on any atom is -0.297 e. The quantitative estimate of drug-likeness (QED) is 0.713. The molecule has 0 bridgehead atoms. The van der Waals surface area contributed by atoms with Crippen LogP contribution in [0.3, 0.4) is 0 Å². The molecule has 0 spiro atoms. The predicted octanol–water partition coefficient (Wildman–Crippen LogP) is 1.43. The van der Waals surface area contributed by atoms with E-state index in [2.05, 4.69) is 28.3 Å². The van der Waals surface area contributed by atoms with Crippen LogP contribution in [0, 0.1) is 11.3 Å². The molecule has 0 amide bonds. The molecule has 4 heteroatoms. The van der Waals surface area contributed by atoms with Crippen molar-refractivity contribution in [2.45, 2.75) is 25.8 Å². The van der Waals surface area contributed by atoms with Crippen molar-refractivity contribution in [3.63, 3.8) is 0 Å². The summed E-state index contributed by atoms with van der Waals surface area (Å²) in [6, 6.07) is 1.83. The number of rotatable bonds is 5. The Morgan fingerprint density at radius 2 is 2.43 bits per heavy atom. The fourth-order valence-corrected chi connectivity index (χ4v) is 1.10. The van der Waals surface area contributed by atoms with Gasteiger partial charge in [-0.05, 0) is 13.0 Å². The van der Waals surface area contributed by atoms with Gasteiger partial charge in [-0.15, -0.1) is 0 Å². The second kappa shape index (κ2) is 6.06. The highest BCUT2D eigenvalue weighted by molar-refractivity contribution is 5.11. The van der Waals surface area contributed by atoms with Crippen LogP contribution in [0.5, 0.6) is 0 Å². The molecule has 1 unspecified atom stereocenters. The lowest BCUT2D eigenvalue weighted by Gasteiger charge is -2.09. The number of nitriles is 1. The second-order valence-corrected chi connectivity index (χ2v) is 3.00. The maximum Gasteiger partial charge on any atom is 0.140 e. The van der Waals surface area contributed by atoms with E-state index in [1.807, 2.05) is 0 Å². The van der Waals surface area contributed by atoms with Gasteiger partial charge >= 0.3 is 0 Å². The molecule has 0 aromatic carbocycles. The first-order valence-corrected chi connectivity index (χ1v) is 4.77. The third-order valence-corrected chi connectivity index (χ3v) is 1.89. The fraction of sp³-hybridized carbons (Fsp3) is 0.500. The van der Waals surface area contributed by atoms with Crippen LogP contribution in [0.15, 0.2) is 18.6 Å². The van der Waals surface area contributed by atoms with E-state index in [1.54, 1.807) is 18.6 Å². The molecule has 0 radical (unpaired) electrons. The fourth-order valence-electron chi connectivity index (χ4n) is 1.10. The lowest BCUT2D eigenvalue weighted by molar-refractivity contribution is 0.586. The molecule has 1 rings (SSSR count). The minimum absolute atomic E-state index is 0.338. The van der Waals surface area contributed by atoms with Crippen LogP contribution in [0.4, 0.5) is 0 Å². The Bertz CT molecular complexity index is 291. The monoisotopic (exact) mass is 190 g/mol. The predicted molar refractivity (Wildman–Crippen MR) is 53.3 cm³/mol. The van der Waals surface area contributed by atoms with E-state index in [-0.39, 0.29) is 6.04 Å². The molecule has 0 fully saturated rings. The molecule has 0 aliphatic rings. The van der Waals surface area contributed by atoms with Gasteiger partial charge in [-0.25, -0.2) is 0 Å². The number of nitrogens with zero attached hydrogens (tertiary/aromatic N) is 3. The molecular formula is C10H14N4. The van der Waals surface area contributed by atoms with Crippen molar-refractivity contribution >= 4 is 0 Å². The zero-order valence-corrected chi connectivity index (χ0v) is 8.27. The third kappa shape index (κ3) is 3.11. The summed E-state index contributed by atoms with van der Waals surface area (Å²) in [4.78, 5) is 8.01. The van der Waals surface area contributed by atoms with E-state index in [4.69, 9.17) is 5.26 Å². The van der Waals surface area contributed by atoms with Crippen molar-refractivity contribution in [3.8, 4) is 6.07 Å². The van der Waals surface area contributed by atoms with Crippen molar-refractivity contribution in [2.75, 3.05) is 6.54 Å². The molecule has 14 heavy (non-hydrogen) atoms. The van der Waals surface area contributed by atoms with Gasteiger partial charge in [0.1, 0.15) is 6.04 Å². The highest BCUT2D eigenvalue weighted by atomic mass is 14.9. The number of aromatic nitrogens is 2. The summed E-state index contributed by atoms with van der Waals surface area (Å²) in [6.07, 6.45) is 7.00. The first-order valence-electron chi connectivity index (χ1n) is 4.77. The van der Waals surface area contributed by atoms with E-state index in [1.165, 1.54) is 0 Å². The molecule has 4 nitrogen and oxygen atoms in total. The van der Waals surface area contributed by atoms with Gasteiger partial charge in [-0.3, -0.25) is 15.3 Å². The number of hydrogen-bond acceptors (Lipinski definition) is 4. The van der Waals surface area contributed by atoms with Crippen LogP contribution >= 0.6 is 0 Å². The van der Waals surface area contributed by atoms with Crippen LogP contribution < -0.4 is 5.32 Å². The first-order chi connectivity index (χ1) is 6.88. The molecule has 0 saturated heterocycles. The zero-order chi connectivity index (χ0) is 10.2. The Balaban J connectivity index is 2.52. The zero-order valence-electron chi connectivity index (χ0n) is 8.27. The second-order valence-electron chi connectivity index (χ2n) is 3.00.